The molecule has 2 heterocycles. The molecule has 10 heteroatoms. The largest absolute Gasteiger partial charge is 0.504 e. The van der Waals surface area contributed by atoms with Gasteiger partial charge in [0.1, 0.15) is 29.6 Å². The average Bonchev–Trinajstić information content (AvgIpc) is 2.79. The lowest BCUT2D eigenvalue weighted by molar-refractivity contribution is -0.268. The zero-order chi connectivity index (χ0) is 23.2. The minimum atomic E-state index is -1.60. The van der Waals surface area contributed by atoms with E-state index in [4.69, 9.17) is 18.6 Å². The zero-order valence-corrected chi connectivity index (χ0v) is 17.1. The van der Waals surface area contributed by atoms with Crippen LogP contribution in [-0.4, -0.2) is 63.3 Å². The lowest BCUT2D eigenvalue weighted by Gasteiger charge is -2.38. The first-order valence-corrected chi connectivity index (χ1v) is 9.74. The Morgan fingerprint density at radius 1 is 0.969 bits per heavy atom. The molecule has 1 fully saturated rings. The lowest BCUT2D eigenvalue weighted by atomic mass is 10.00. The smallest absolute Gasteiger partial charge is 0.235 e. The zero-order valence-electron chi connectivity index (χ0n) is 17.1. The van der Waals surface area contributed by atoms with E-state index in [0.717, 1.165) is 6.07 Å². The first kappa shape index (κ1) is 21.9. The normalized spacial score (nSPS) is 25.6. The second-order valence-corrected chi connectivity index (χ2v) is 7.45. The summed E-state index contributed by atoms with van der Waals surface area (Å²) in [4.78, 5) is 12.7. The molecule has 0 aliphatic carbocycles. The predicted molar refractivity (Wildman–Crippen MR) is 111 cm³/mol. The highest BCUT2D eigenvalue weighted by Crippen LogP contribution is 2.37. The first-order chi connectivity index (χ1) is 15.2. The van der Waals surface area contributed by atoms with Gasteiger partial charge in [0.05, 0.1) is 18.6 Å². The first-order valence-electron chi connectivity index (χ1n) is 9.74. The molecule has 10 nitrogen and oxygen atoms in total. The van der Waals surface area contributed by atoms with Gasteiger partial charge in [-0.25, -0.2) is 0 Å². The highest BCUT2D eigenvalue weighted by Gasteiger charge is 2.43. The highest BCUT2D eigenvalue weighted by molar-refractivity contribution is 5.84. The number of aliphatic hydroxyl groups is 3. The van der Waals surface area contributed by atoms with Crippen LogP contribution in [0.4, 0.5) is 0 Å². The number of benzene rings is 2. The van der Waals surface area contributed by atoms with Crippen molar-refractivity contribution in [2.75, 3.05) is 7.11 Å². The minimum absolute atomic E-state index is 0.00894. The van der Waals surface area contributed by atoms with Crippen LogP contribution >= 0.6 is 0 Å². The topological polar surface area (TPSA) is 159 Å². The summed E-state index contributed by atoms with van der Waals surface area (Å²) in [5.41, 5.74) is -0.361. The fourth-order valence-electron chi connectivity index (χ4n) is 3.47. The van der Waals surface area contributed by atoms with Crippen molar-refractivity contribution in [2.45, 2.75) is 37.6 Å². The summed E-state index contributed by atoms with van der Waals surface area (Å²) in [5, 5.41) is 50.5. The fraction of sp³-hybridized carbons (Fsp3) is 0.318. The van der Waals surface area contributed by atoms with E-state index in [1.807, 2.05) is 0 Å². The Bertz CT molecular complexity index is 1190. The van der Waals surface area contributed by atoms with Crippen LogP contribution in [0.3, 0.4) is 0 Å². The van der Waals surface area contributed by atoms with Crippen molar-refractivity contribution in [3.8, 4) is 34.3 Å². The Kier molecular flexibility index (Phi) is 5.70. The van der Waals surface area contributed by atoms with Crippen LogP contribution in [0, 0.1) is 0 Å². The summed E-state index contributed by atoms with van der Waals surface area (Å²) in [5.74, 6) is -0.836. The predicted octanol–water partition coefficient (Wildman–Crippen LogP) is 1.09. The van der Waals surface area contributed by atoms with Crippen molar-refractivity contribution < 1.29 is 44.2 Å². The van der Waals surface area contributed by atoms with Crippen molar-refractivity contribution in [1.29, 1.82) is 0 Å². The molecule has 0 saturated carbocycles. The number of ether oxygens (including phenoxy) is 3. The number of fused-ring (bicyclic) bond motifs is 1. The van der Waals surface area contributed by atoms with Gasteiger partial charge < -0.3 is 44.2 Å². The van der Waals surface area contributed by atoms with E-state index in [1.165, 1.54) is 20.1 Å². The van der Waals surface area contributed by atoms with Crippen LogP contribution in [0.25, 0.3) is 22.3 Å². The monoisotopic (exact) mass is 446 g/mol. The number of rotatable bonds is 4. The third kappa shape index (κ3) is 3.73. The van der Waals surface area contributed by atoms with E-state index >= 15 is 0 Å². The van der Waals surface area contributed by atoms with Crippen molar-refractivity contribution in [2.24, 2.45) is 0 Å². The number of hydrogen-bond donors (Lipinski definition) is 5. The molecule has 170 valence electrons. The van der Waals surface area contributed by atoms with Gasteiger partial charge in [-0.2, -0.15) is 0 Å². The van der Waals surface area contributed by atoms with Crippen molar-refractivity contribution in [3.05, 3.63) is 46.6 Å². The van der Waals surface area contributed by atoms with E-state index in [9.17, 15) is 30.3 Å². The van der Waals surface area contributed by atoms with Gasteiger partial charge in [0.25, 0.3) is 0 Å². The Morgan fingerprint density at radius 2 is 1.66 bits per heavy atom. The van der Waals surface area contributed by atoms with Crippen LogP contribution < -0.4 is 14.9 Å². The quantitative estimate of drug-likeness (QED) is 0.393. The van der Waals surface area contributed by atoms with Gasteiger partial charge in [0.15, 0.2) is 17.3 Å². The van der Waals surface area contributed by atoms with Gasteiger partial charge in [-0.15, -0.1) is 0 Å². The Hall–Kier alpha value is -3.31. The molecule has 1 aliphatic rings. The summed E-state index contributed by atoms with van der Waals surface area (Å²) in [7, 11) is 1.50. The Morgan fingerprint density at radius 3 is 2.31 bits per heavy atom. The minimum Gasteiger partial charge on any atom is -0.504 e. The molecule has 32 heavy (non-hydrogen) atoms. The van der Waals surface area contributed by atoms with E-state index < -0.39 is 47.6 Å². The molecule has 0 amide bonds. The maximum Gasteiger partial charge on any atom is 0.235 e. The summed E-state index contributed by atoms with van der Waals surface area (Å²) >= 11 is 0. The lowest BCUT2D eigenvalue weighted by Crippen LogP contribution is -2.58. The van der Waals surface area contributed by atoms with Gasteiger partial charge in [0, 0.05) is 11.6 Å². The molecule has 5 N–H and O–H groups in total. The number of hydrogen-bond acceptors (Lipinski definition) is 10. The Balaban J connectivity index is 1.75. The molecule has 1 saturated heterocycles. The van der Waals surface area contributed by atoms with Gasteiger partial charge in [-0.3, -0.25) is 4.79 Å². The second-order valence-electron chi connectivity index (χ2n) is 7.45. The van der Waals surface area contributed by atoms with Crippen LogP contribution in [0.2, 0.25) is 0 Å². The number of methoxy groups -OCH3 is 1. The fourth-order valence-corrected chi connectivity index (χ4v) is 3.47. The molecule has 4 rings (SSSR count). The summed E-state index contributed by atoms with van der Waals surface area (Å²) in [6.07, 6.45) is -6.70. The van der Waals surface area contributed by atoms with Crippen molar-refractivity contribution in [3.63, 3.8) is 0 Å². The molecule has 1 aromatic heterocycles. The number of aromatic hydroxyl groups is 2. The average molecular weight is 446 g/mol. The van der Waals surface area contributed by atoms with E-state index in [0.29, 0.717) is 11.3 Å². The maximum absolute atomic E-state index is 12.7. The van der Waals surface area contributed by atoms with E-state index in [-0.39, 0.29) is 22.5 Å². The van der Waals surface area contributed by atoms with Crippen molar-refractivity contribution >= 4 is 11.0 Å². The van der Waals surface area contributed by atoms with Gasteiger partial charge >= 0.3 is 0 Å². The summed E-state index contributed by atoms with van der Waals surface area (Å²) in [6.45, 7) is 1.49. The molecule has 2 aromatic carbocycles. The van der Waals surface area contributed by atoms with Crippen LogP contribution in [-0.2, 0) is 4.74 Å². The molecule has 3 aromatic rings. The Labute approximate surface area is 181 Å². The van der Waals surface area contributed by atoms with Gasteiger partial charge in [-0.05, 0) is 37.3 Å². The third-order valence-corrected chi connectivity index (χ3v) is 5.35. The van der Waals surface area contributed by atoms with E-state index in [1.54, 1.807) is 24.3 Å². The van der Waals surface area contributed by atoms with Gasteiger partial charge in [0.2, 0.25) is 17.5 Å². The molecule has 0 radical (unpaired) electrons. The number of phenols is 1. The van der Waals surface area contributed by atoms with Gasteiger partial charge in [-0.1, -0.05) is 0 Å². The van der Waals surface area contributed by atoms with Crippen LogP contribution in [0.5, 0.6) is 23.0 Å². The summed E-state index contributed by atoms with van der Waals surface area (Å²) in [6, 6.07) is 8.72. The van der Waals surface area contributed by atoms with Crippen LogP contribution in [0.15, 0.2) is 45.6 Å². The molecule has 5 atom stereocenters. The second kappa shape index (κ2) is 8.32. The van der Waals surface area contributed by atoms with Crippen LogP contribution in [0.1, 0.15) is 6.92 Å². The molecule has 0 spiro atoms. The number of phenolic OH excluding ortho intramolecular Hbond substituents is 1. The highest BCUT2D eigenvalue weighted by atomic mass is 16.7. The van der Waals surface area contributed by atoms with E-state index in [2.05, 4.69) is 0 Å². The standard InChI is InChI=1S/C22H22O10/c1-9-16(24)18(26)20(28)22(30-9)32-15-8-14-12(7-13(15)23)17(25)19(27)21(31-14)10-3-5-11(29-2)6-4-10/h3-9,16,18,20,22-24,26-28H,1-2H3. The van der Waals surface area contributed by atoms with Crippen molar-refractivity contribution in [1.82, 2.24) is 0 Å². The third-order valence-electron chi connectivity index (χ3n) is 5.35. The maximum atomic E-state index is 12.7. The molecular formula is C22H22O10. The molecule has 1 aliphatic heterocycles. The summed E-state index contributed by atoms with van der Waals surface area (Å²) < 4.78 is 21.7. The SMILES string of the molecule is COc1ccc(-c2oc3cc(OC4OC(C)C(O)C(O)C4O)c(O)cc3c(=O)c2O)cc1. The molecule has 5 unspecified atom stereocenters. The molecular weight excluding hydrogens is 424 g/mol. The molecule has 0 bridgehead atoms. The number of aliphatic hydroxyl groups excluding tert-OH is 3.